The molecule has 0 amide bonds. The molecule has 2 aromatic carbocycles. The molecule has 0 aliphatic carbocycles. The number of nitro benzene ring substituents is 1. The smallest absolute Gasteiger partial charge is 0.270 e. The normalized spacial score (nSPS) is 10.2. The molecule has 0 radical (unpaired) electrons. The quantitative estimate of drug-likeness (QED) is 0.614. The van der Waals surface area contributed by atoms with Gasteiger partial charge in [0.25, 0.3) is 5.69 Å². The van der Waals surface area contributed by atoms with Crippen molar-refractivity contribution in [1.29, 1.82) is 0 Å². The molecule has 110 valence electrons. The molecule has 21 heavy (non-hydrogen) atoms. The van der Waals surface area contributed by atoms with Crippen LogP contribution in [0.2, 0.25) is 5.02 Å². The topological polar surface area (TPSA) is 64.4 Å². The van der Waals surface area contributed by atoms with Crippen molar-refractivity contribution in [2.45, 2.75) is 6.54 Å². The summed E-state index contributed by atoms with van der Waals surface area (Å²) in [6, 6.07) is 10.1. The van der Waals surface area contributed by atoms with E-state index in [1.165, 1.54) is 12.1 Å². The molecule has 0 heterocycles. The zero-order valence-electron chi connectivity index (χ0n) is 11.1. The highest BCUT2D eigenvalue weighted by Gasteiger charge is 2.09. The van der Waals surface area contributed by atoms with Gasteiger partial charge < -0.3 is 10.1 Å². The molecule has 2 aromatic rings. The van der Waals surface area contributed by atoms with Gasteiger partial charge in [0, 0.05) is 28.8 Å². The van der Waals surface area contributed by atoms with Crippen LogP contribution in [0.4, 0.5) is 11.4 Å². The Balaban J connectivity index is 2.09. The highest BCUT2D eigenvalue weighted by molar-refractivity contribution is 9.10. The van der Waals surface area contributed by atoms with Crippen molar-refractivity contribution < 1.29 is 9.66 Å². The highest BCUT2D eigenvalue weighted by atomic mass is 79.9. The Bertz CT molecular complexity index is 679. The second-order valence-electron chi connectivity index (χ2n) is 4.24. The van der Waals surface area contributed by atoms with Crippen molar-refractivity contribution in [3.8, 4) is 5.75 Å². The van der Waals surface area contributed by atoms with Crippen LogP contribution in [-0.2, 0) is 6.54 Å². The van der Waals surface area contributed by atoms with Crippen molar-refractivity contribution in [2.24, 2.45) is 0 Å². The number of hydrogen-bond donors (Lipinski definition) is 1. The van der Waals surface area contributed by atoms with Crippen LogP contribution in [0, 0.1) is 10.1 Å². The van der Waals surface area contributed by atoms with E-state index in [0.717, 1.165) is 11.3 Å². The molecule has 0 saturated carbocycles. The van der Waals surface area contributed by atoms with Gasteiger partial charge in [-0.05, 0) is 39.7 Å². The van der Waals surface area contributed by atoms with Crippen LogP contribution in [0.1, 0.15) is 5.56 Å². The zero-order chi connectivity index (χ0) is 15.4. The van der Waals surface area contributed by atoms with E-state index in [9.17, 15) is 10.1 Å². The summed E-state index contributed by atoms with van der Waals surface area (Å²) >= 11 is 9.37. The maximum atomic E-state index is 10.7. The van der Waals surface area contributed by atoms with E-state index < -0.39 is 4.92 Å². The average Bonchev–Trinajstić information content (AvgIpc) is 2.46. The molecule has 7 heteroatoms. The Morgan fingerprint density at radius 1 is 1.33 bits per heavy atom. The first-order valence-corrected chi connectivity index (χ1v) is 7.18. The minimum absolute atomic E-state index is 0.0416. The van der Waals surface area contributed by atoms with Gasteiger partial charge in [-0.3, -0.25) is 10.1 Å². The number of ether oxygens (including phenoxy) is 1. The summed E-state index contributed by atoms with van der Waals surface area (Å²) in [6.45, 7) is 0.542. The second-order valence-corrected chi connectivity index (χ2v) is 5.51. The monoisotopic (exact) mass is 370 g/mol. The fraction of sp³-hybridized carbons (Fsp3) is 0.143. The first-order valence-electron chi connectivity index (χ1n) is 6.01. The van der Waals surface area contributed by atoms with Crippen LogP contribution in [0.5, 0.6) is 5.75 Å². The molecule has 0 fully saturated rings. The van der Waals surface area contributed by atoms with Crippen LogP contribution in [0.25, 0.3) is 0 Å². The van der Waals surface area contributed by atoms with Crippen molar-refractivity contribution in [3.05, 3.63) is 61.6 Å². The van der Waals surface area contributed by atoms with Crippen LogP contribution in [0.3, 0.4) is 0 Å². The van der Waals surface area contributed by atoms with Crippen molar-refractivity contribution >= 4 is 38.9 Å². The maximum absolute atomic E-state index is 10.7. The van der Waals surface area contributed by atoms with Crippen LogP contribution in [-0.4, -0.2) is 12.0 Å². The van der Waals surface area contributed by atoms with Gasteiger partial charge in [0.1, 0.15) is 5.75 Å². The molecular formula is C14H12BrClN2O3. The van der Waals surface area contributed by atoms with E-state index in [2.05, 4.69) is 21.2 Å². The molecule has 1 N–H and O–H groups in total. The van der Waals surface area contributed by atoms with Crippen molar-refractivity contribution in [3.63, 3.8) is 0 Å². The molecule has 2 rings (SSSR count). The lowest BCUT2D eigenvalue weighted by Crippen LogP contribution is -2.01. The zero-order valence-corrected chi connectivity index (χ0v) is 13.4. The van der Waals surface area contributed by atoms with Gasteiger partial charge in [0.2, 0.25) is 0 Å². The number of benzene rings is 2. The highest BCUT2D eigenvalue weighted by Crippen LogP contribution is 2.29. The molecule has 0 spiro atoms. The minimum atomic E-state index is -0.433. The third-order valence-electron chi connectivity index (χ3n) is 2.86. The maximum Gasteiger partial charge on any atom is 0.270 e. The molecule has 5 nitrogen and oxygen atoms in total. The molecule has 0 unspecified atom stereocenters. The first-order chi connectivity index (χ1) is 10.0. The third-order valence-corrected chi connectivity index (χ3v) is 3.81. The Kier molecular flexibility index (Phi) is 5.03. The average molecular weight is 372 g/mol. The Labute approximate surface area is 135 Å². The number of hydrogen-bond acceptors (Lipinski definition) is 4. The van der Waals surface area contributed by atoms with E-state index in [4.69, 9.17) is 16.3 Å². The number of nitrogens with one attached hydrogen (secondary N) is 1. The molecule has 0 saturated heterocycles. The SMILES string of the molecule is COc1ccc(CNc2ccc([N+](=O)[O-])cc2Br)cc1Cl. The number of halogens is 2. The van der Waals surface area contributed by atoms with Gasteiger partial charge in [-0.15, -0.1) is 0 Å². The van der Waals surface area contributed by atoms with Crippen LogP contribution >= 0.6 is 27.5 Å². The van der Waals surface area contributed by atoms with E-state index >= 15 is 0 Å². The largest absolute Gasteiger partial charge is 0.495 e. The lowest BCUT2D eigenvalue weighted by atomic mass is 10.2. The van der Waals surface area contributed by atoms with Gasteiger partial charge in [-0.2, -0.15) is 0 Å². The fourth-order valence-corrected chi connectivity index (χ4v) is 2.57. The van der Waals surface area contributed by atoms with Crippen LogP contribution < -0.4 is 10.1 Å². The van der Waals surface area contributed by atoms with Crippen LogP contribution in [0.15, 0.2) is 40.9 Å². The van der Waals surface area contributed by atoms with Crippen molar-refractivity contribution in [1.82, 2.24) is 0 Å². The summed E-state index contributed by atoms with van der Waals surface area (Å²) in [5.41, 5.74) is 1.79. The predicted octanol–water partition coefficient (Wildman–Crippen LogP) is 4.63. The van der Waals surface area contributed by atoms with Gasteiger partial charge >= 0.3 is 0 Å². The summed E-state index contributed by atoms with van der Waals surface area (Å²) in [5.74, 6) is 0.622. The standard InChI is InChI=1S/C14H12BrClN2O3/c1-21-14-5-2-9(6-12(14)16)8-17-13-4-3-10(18(19)20)7-11(13)15/h2-7,17H,8H2,1H3. The summed E-state index contributed by atoms with van der Waals surface area (Å²) in [7, 11) is 1.56. The summed E-state index contributed by atoms with van der Waals surface area (Å²) in [4.78, 5) is 10.2. The lowest BCUT2D eigenvalue weighted by Gasteiger charge is -2.10. The molecule has 0 aliphatic heterocycles. The molecule has 0 atom stereocenters. The van der Waals surface area contributed by atoms with E-state index in [1.54, 1.807) is 19.2 Å². The van der Waals surface area contributed by atoms with Gasteiger partial charge in [-0.1, -0.05) is 17.7 Å². The number of nitrogens with zero attached hydrogens (tertiary/aromatic N) is 1. The number of methoxy groups -OCH3 is 1. The Hall–Kier alpha value is -1.79. The van der Waals surface area contributed by atoms with E-state index in [1.807, 2.05) is 12.1 Å². The molecule has 0 aliphatic rings. The lowest BCUT2D eigenvalue weighted by molar-refractivity contribution is -0.384. The Morgan fingerprint density at radius 2 is 2.10 bits per heavy atom. The third kappa shape index (κ3) is 3.86. The fourth-order valence-electron chi connectivity index (χ4n) is 1.78. The molecule has 0 aromatic heterocycles. The number of nitro groups is 1. The summed E-state index contributed by atoms with van der Waals surface area (Å²) < 4.78 is 5.73. The molecular weight excluding hydrogens is 360 g/mol. The van der Waals surface area contributed by atoms with Gasteiger partial charge in [-0.25, -0.2) is 0 Å². The van der Waals surface area contributed by atoms with Gasteiger partial charge in [0.15, 0.2) is 0 Å². The first kappa shape index (κ1) is 15.6. The van der Waals surface area contributed by atoms with E-state index in [0.29, 0.717) is 21.8 Å². The van der Waals surface area contributed by atoms with E-state index in [-0.39, 0.29) is 5.69 Å². The van der Waals surface area contributed by atoms with Gasteiger partial charge in [0.05, 0.1) is 17.1 Å². The van der Waals surface area contributed by atoms with Crippen molar-refractivity contribution in [2.75, 3.05) is 12.4 Å². The minimum Gasteiger partial charge on any atom is -0.495 e. The Morgan fingerprint density at radius 3 is 2.67 bits per heavy atom. The second kappa shape index (κ2) is 6.78. The molecule has 0 bridgehead atoms. The number of rotatable bonds is 5. The number of non-ortho nitro benzene ring substituents is 1. The predicted molar refractivity (Wildman–Crippen MR) is 86.1 cm³/mol. The number of anilines is 1. The summed E-state index contributed by atoms with van der Waals surface area (Å²) in [5, 5.41) is 14.4. The summed E-state index contributed by atoms with van der Waals surface area (Å²) in [6.07, 6.45) is 0.